The highest BCUT2D eigenvalue weighted by Gasteiger charge is 2.56. The van der Waals surface area contributed by atoms with Crippen LogP contribution in [0, 0.1) is 5.92 Å². The zero-order valence-electron chi connectivity index (χ0n) is 18.3. The van der Waals surface area contributed by atoms with E-state index in [-0.39, 0.29) is 42.4 Å². The number of pyridine rings is 1. The molecule has 3 heterocycles. The molecule has 1 aliphatic heterocycles. The summed E-state index contributed by atoms with van der Waals surface area (Å²) in [7, 11) is 0. The van der Waals surface area contributed by atoms with Crippen LogP contribution in [0.1, 0.15) is 30.5 Å². The summed E-state index contributed by atoms with van der Waals surface area (Å²) in [4.78, 5) is 18.7. The van der Waals surface area contributed by atoms with Gasteiger partial charge in [0.1, 0.15) is 16.2 Å². The lowest BCUT2D eigenvalue weighted by Gasteiger charge is -2.37. The van der Waals surface area contributed by atoms with Crippen molar-refractivity contribution in [2.45, 2.75) is 35.6 Å². The zero-order valence-corrected chi connectivity index (χ0v) is 20.7. The number of amides is 1. The van der Waals surface area contributed by atoms with Gasteiger partial charge in [-0.1, -0.05) is 41.6 Å². The van der Waals surface area contributed by atoms with Crippen LogP contribution in [0.3, 0.4) is 0 Å². The number of hydrogen-bond acceptors (Lipinski definition) is 6. The summed E-state index contributed by atoms with van der Waals surface area (Å²) < 4.78 is 32.0. The molecule has 3 aromatic rings. The highest BCUT2D eigenvalue weighted by atomic mass is 35.5. The maximum Gasteiger partial charge on any atom is 0.262 e. The summed E-state index contributed by atoms with van der Waals surface area (Å²) in [6, 6.07) is 14.1. The zero-order chi connectivity index (χ0) is 24.6. The number of benzene rings is 1. The minimum absolute atomic E-state index is 0.0750. The lowest BCUT2D eigenvalue weighted by molar-refractivity contribution is -0.119. The smallest absolute Gasteiger partial charge is 0.262 e. The fourth-order valence-electron chi connectivity index (χ4n) is 4.11. The van der Waals surface area contributed by atoms with Crippen LogP contribution in [-0.4, -0.2) is 28.5 Å². The van der Waals surface area contributed by atoms with Crippen molar-refractivity contribution in [3.05, 3.63) is 86.2 Å². The predicted octanol–water partition coefficient (Wildman–Crippen LogP) is 6.55. The van der Waals surface area contributed by atoms with Crippen LogP contribution < -0.4 is 10.1 Å². The van der Waals surface area contributed by atoms with Gasteiger partial charge in [0.25, 0.3) is 11.8 Å². The van der Waals surface area contributed by atoms with Crippen molar-refractivity contribution in [1.82, 2.24) is 10.3 Å². The summed E-state index contributed by atoms with van der Waals surface area (Å²) in [6.45, 7) is 0.123. The molecular formula is C25H21ClF2N2O3S2. The van der Waals surface area contributed by atoms with E-state index in [0.717, 1.165) is 17.3 Å². The van der Waals surface area contributed by atoms with E-state index in [9.17, 15) is 18.7 Å². The SMILES string of the molecule is O=C1NC(c2ccsc2)(c2cccc(OCCC3CC3(F)F)n2)CC(O)=C1Sc1ccccc1Cl. The molecule has 1 aliphatic carbocycles. The summed E-state index contributed by atoms with van der Waals surface area (Å²) in [5, 5.41) is 18.4. The molecule has 2 aromatic heterocycles. The van der Waals surface area contributed by atoms with E-state index in [0.29, 0.717) is 15.6 Å². The first-order chi connectivity index (χ1) is 16.8. The van der Waals surface area contributed by atoms with Gasteiger partial charge >= 0.3 is 0 Å². The molecule has 10 heteroatoms. The molecule has 182 valence electrons. The lowest BCUT2D eigenvalue weighted by Crippen LogP contribution is -2.50. The van der Waals surface area contributed by atoms with Gasteiger partial charge in [-0.2, -0.15) is 11.3 Å². The van der Waals surface area contributed by atoms with Crippen LogP contribution in [0.2, 0.25) is 5.02 Å². The van der Waals surface area contributed by atoms with E-state index < -0.39 is 23.3 Å². The van der Waals surface area contributed by atoms with Crippen molar-refractivity contribution in [3.8, 4) is 5.88 Å². The molecule has 1 amide bonds. The van der Waals surface area contributed by atoms with Gasteiger partial charge in [0.2, 0.25) is 5.88 Å². The molecular weight excluding hydrogens is 514 g/mol. The number of thioether (sulfide) groups is 1. The van der Waals surface area contributed by atoms with Crippen LogP contribution >= 0.6 is 34.7 Å². The number of nitrogens with one attached hydrogen (secondary N) is 1. The number of aliphatic hydroxyl groups is 1. The van der Waals surface area contributed by atoms with E-state index in [1.807, 2.05) is 22.9 Å². The van der Waals surface area contributed by atoms with Crippen molar-refractivity contribution in [2.75, 3.05) is 6.61 Å². The third kappa shape index (κ3) is 4.90. The number of aromatic nitrogens is 1. The number of halogens is 3. The minimum Gasteiger partial charge on any atom is -0.511 e. The molecule has 0 saturated heterocycles. The van der Waals surface area contributed by atoms with Gasteiger partial charge in [0, 0.05) is 29.7 Å². The molecule has 1 fully saturated rings. The number of nitrogens with zero attached hydrogens (tertiary/aromatic N) is 1. The molecule has 35 heavy (non-hydrogen) atoms. The number of carbonyl (C=O) groups is 1. The molecule has 5 rings (SSSR count). The van der Waals surface area contributed by atoms with Crippen LogP contribution in [0.5, 0.6) is 5.88 Å². The van der Waals surface area contributed by atoms with E-state index in [2.05, 4.69) is 10.3 Å². The van der Waals surface area contributed by atoms with Crippen LogP contribution in [-0.2, 0) is 10.3 Å². The highest BCUT2D eigenvalue weighted by Crippen LogP contribution is 2.50. The Bertz CT molecular complexity index is 1290. The molecule has 2 unspecified atom stereocenters. The summed E-state index contributed by atoms with van der Waals surface area (Å²) >= 11 is 8.81. The number of thiophene rings is 1. The number of alkyl halides is 2. The normalized spacial score (nSPS) is 23.2. The molecule has 0 radical (unpaired) electrons. The second-order valence-corrected chi connectivity index (χ2v) is 10.8. The molecule has 2 N–H and O–H groups in total. The van der Waals surface area contributed by atoms with E-state index in [4.69, 9.17) is 16.3 Å². The van der Waals surface area contributed by atoms with Gasteiger partial charge in [-0.3, -0.25) is 4.79 Å². The van der Waals surface area contributed by atoms with Crippen LogP contribution in [0.15, 0.2) is 74.9 Å². The molecule has 5 nitrogen and oxygen atoms in total. The van der Waals surface area contributed by atoms with Crippen molar-refractivity contribution in [3.63, 3.8) is 0 Å². The molecule has 1 saturated carbocycles. The van der Waals surface area contributed by atoms with Crippen LogP contribution in [0.4, 0.5) is 8.78 Å². The third-order valence-corrected chi connectivity index (χ3v) is 8.45. The van der Waals surface area contributed by atoms with Crippen LogP contribution in [0.25, 0.3) is 0 Å². The van der Waals surface area contributed by atoms with Gasteiger partial charge in [-0.25, -0.2) is 13.8 Å². The second kappa shape index (κ2) is 9.44. The molecule has 2 atom stereocenters. The number of ether oxygens (including phenoxy) is 1. The summed E-state index contributed by atoms with van der Waals surface area (Å²) in [6.07, 6.45) is 0.224. The number of rotatable bonds is 8. The Morgan fingerprint density at radius 3 is 2.71 bits per heavy atom. The summed E-state index contributed by atoms with van der Waals surface area (Å²) in [5.41, 5.74) is 0.132. The maximum atomic E-state index is 13.3. The first kappa shape index (κ1) is 24.1. The fourth-order valence-corrected chi connectivity index (χ4v) is 5.95. The quantitative estimate of drug-likeness (QED) is 0.343. The number of hydrogen-bond donors (Lipinski definition) is 2. The average molecular weight is 535 g/mol. The standard InChI is InChI=1S/C25H21ClF2N2O3S2/c26-17-4-1-2-5-19(17)35-22-18(31)13-24(30-23(22)32,16-9-11-34-14-16)20-6-3-7-21(29-20)33-10-8-15-12-25(15,27)28/h1-7,9,11,14-15,31H,8,10,12-13H2,(H,30,32). The van der Waals surface area contributed by atoms with Crippen molar-refractivity contribution >= 4 is 40.6 Å². The Morgan fingerprint density at radius 2 is 2.03 bits per heavy atom. The summed E-state index contributed by atoms with van der Waals surface area (Å²) in [5.74, 6) is -3.48. The van der Waals surface area contributed by atoms with Gasteiger partial charge in [-0.05, 0) is 47.0 Å². The van der Waals surface area contributed by atoms with E-state index in [1.54, 1.807) is 36.4 Å². The first-order valence-electron chi connectivity index (χ1n) is 11.0. The van der Waals surface area contributed by atoms with Gasteiger partial charge < -0.3 is 15.2 Å². The highest BCUT2D eigenvalue weighted by molar-refractivity contribution is 8.04. The first-order valence-corrected chi connectivity index (χ1v) is 13.1. The number of carbonyl (C=O) groups excluding carboxylic acids is 1. The Kier molecular flexibility index (Phi) is 6.50. The van der Waals surface area contributed by atoms with Crippen molar-refractivity contribution in [1.29, 1.82) is 0 Å². The average Bonchev–Trinajstić information content (AvgIpc) is 3.20. The fraction of sp³-hybridized carbons (Fsp3) is 0.280. The minimum atomic E-state index is -2.59. The molecule has 2 aliphatic rings. The largest absolute Gasteiger partial charge is 0.511 e. The molecule has 0 bridgehead atoms. The lowest BCUT2D eigenvalue weighted by atomic mass is 9.82. The second-order valence-electron chi connectivity index (χ2n) is 8.52. The van der Waals surface area contributed by atoms with Gasteiger partial charge in [0.05, 0.1) is 17.3 Å². The third-order valence-electron chi connectivity index (χ3n) is 6.12. The Hall–Kier alpha value is -2.62. The molecule has 1 aromatic carbocycles. The van der Waals surface area contributed by atoms with Gasteiger partial charge in [-0.15, -0.1) is 0 Å². The topological polar surface area (TPSA) is 71.5 Å². The van der Waals surface area contributed by atoms with Gasteiger partial charge in [0.15, 0.2) is 0 Å². The monoisotopic (exact) mass is 534 g/mol. The van der Waals surface area contributed by atoms with Crippen molar-refractivity contribution < 1.29 is 23.4 Å². The van der Waals surface area contributed by atoms with E-state index >= 15 is 0 Å². The predicted molar refractivity (Wildman–Crippen MR) is 132 cm³/mol. The molecule has 0 spiro atoms. The Balaban J connectivity index is 1.43. The maximum absolute atomic E-state index is 13.3. The Morgan fingerprint density at radius 1 is 1.23 bits per heavy atom. The van der Waals surface area contributed by atoms with Crippen molar-refractivity contribution in [2.24, 2.45) is 5.92 Å². The Labute approximate surface area is 214 Å². The number of aliphatic hydroxyl groups excluding tert-OH is 1. The van der Waals surface area contributed by atoms with E-state index in [1.165, 1.54) is 11.3 Å².